The predicted molar refractivity (Wildman–Crippen MR) is 165 cm³/mol. The summed E-state index contributed by atoms with van der Waals surface area (Å²) in [6.45, 7) is 0.902. The van der Waals surface area contributed by atoms with Crippen molar-refractivity contribution in [2.24, 2.45) is 0 Å². The van der Waals surface area contributed by atoms with Crippen molar-refractivity contribution in [3.8, 4) is 11.1 Å². The molecule has 0 atom stereocenters. The van der Waals surface area contributed by atoms with Gasteiger partial charge in [0.15, 0.2) is 0 Å². The third-order valence-corrected chi connectivity index (χ3v) is 9.15. The van der Waals surface area contributed by atoms with Crippen LogP contribution >= 0.6 is 11.8 Å². The molecule has 0 aromatic heterocycles. The molecule has 0 amide bonds. The van der Waals surface area contributed by atoms with Crippen molar-refractivity contribution in [2.45, 2.75) is 11.4 Å². The highest BCUT2D eigenvalue weighted by molar-refractivity contribution is 7.99. The Kier molecular flexibility index (Phi) is 4.96. The first kappa shape index (κ1) is 21.8. The number of benzene rings is 7. The Morgan fingerprint density at radius 1 is 0.474 bits per heavy atom. The maximum absolute atomic E-state index is 2.57. The van der Waals surface area contributed by atoms with Gasteiger partial charge in [0, 0.05) is 22.2 Å². The molecule has 1 aliphatic heterocycles. The molecule has 38 heavy (non-hydrogen) atoms. The molecule has 0 saturated heterocycles. The topological polar surface area (TPSA) is 3.24 Å². The summed E-state index contributed by atoms with van der Waals surface area (Å²) in [5, 5.41) is 10.5. The van der Waals surface area contributed by atoms with Gasteiger partial charge in [0.1, 0.15) is 0 Å². The van der Waals surface area contributed by atoms with Crippen LogP contribution in [0.1, 0.15) is 5.56 Å². The van der Waals surface area contributed by atoms with Crippen LogP contribution in [0.5, 0.6) is 0 Å². The summed E-state index contributed by atoms with van der Waals surface area (Å²) in [5.74, 6) is 0.924. The molecule has 0 spiro atoms. The number of hydrogen-bond acceptors (Lipinski definition) is 2. The van der Waals surface area contributed by atoms with E-state index < -0.39 is 0 Å². The third kappa shape index (κ3) is 3.34. The minimum atomic E-state index is 0.902. The van der Waals surface area contributed by atoms with Gasteiger partial charge in [-0.3, -0.25) is 0 Å². The lowest BCUT2D eigenvalue weighted by atomic mass is 9.92. The Hall–Kier alpha value is -4.27. The Labute approximate surface area is 226 Å². The molecule has 0 radical (unpaired) electrons. The van der Waals surface area contributed by atoms with Crippen molar-refractivity contribution in [2.75, 3.05) is 10.8 Å². The van der Waals surface area contributed by atoms with E-state index in [-0.39, 0.29) is 0 Å². The van der Waals surface area contributed by atoms with Gasteiger partial charge < -0.3 is 4.90 Å². The second-order valence-corrected chi connectivity index (χ2v) is 11.1. The van der Waals surface area contributed by atoms with Crippen molar-refractivity contribution in [1.82, 2.24) is 0 Å². The second kappa shape index (κ2) is 8.65. The zero-order chi connectivity index (χ0) is 25.1. The van der Waals surface area contributed by atoms with Gasteiger partial charge in [-0.25, -0.2) is 0 Å². The van der Waals surface area contributed by atoms with Gasteiger partial charge in [-0.05, 0) is 61.1 Å². The summed E-state index contributed by atoms with van der Waals surface area (Å²) in [7, 11) is 0. The Bertz CT molecular complexity index is 1970. The highest BCUT2D eigenvalue weighted by Gasteiger charge is 2.24. The van der Waals surface area contributed by atoms with Crippen LogP contribution in [0.2, 0.25) is 0 Å². The highest BCUT2D eigenvalue weighted by Crippen LogP contribution is 2.45. The molecule has 1 aliphatic rings. The fraction of sp³-hybridized carbons (Fsp3) is 0.0556. The fourth-order valence-corrected chi connectivity index (χ4v) is 7.39. The maximum atomic E-state index is 2.57. The van der Waals surface area contributed by atoms with Gasteiger partial charge in [0.05, 0.1) is 11.6 Å². The van der Waals surface area contributed by atoms with Crippen molar-refractivity contribution in [3.05, 3.63) is 133 Å². The first-order valence-corrected chi connectivity index (χ1v) is 14.1. The zero-order valence-electron chi connectivity index (χ0n) is 20.9. The summed E-state index contributed by atoms with van der Waals surface area (Å²) in [4.78, 5) is 3.98. The quantitative estimate of drug-likeness (QED) is 0.171. The number of fused-ring (bicyclic) bond motifs is 6. The van der Waals surface area contributed by atoms with Crippen LogP contribution in [0.15, 0.2) is 132 Å². The molecule has 7 aromatic rings. The summed E-state index contributed by atoms with van der Waals surface area (Å²) in [6, 6.07) is 46.8. The van der Waals surface area contributed by atoms with Crippen LogP contribution in [-0.4, -0.2) is 5.88 Å². The van der Waals surface area contributed by atoms with E-state index in [1.807, 2.05) is 11.8 Å². The number of nitrogens with zero attached hydrogens (tertiary/aromatic N) is 1. The van der Waals surface area contributed by atoms with Crippen LogP contribution < -0.4 is 4.90 Å². The van der Waals surface area contributed by atoms with Crippen LogP contribution in [0, 0.1) is 0 Å². The van der Waals surface area contributed by atoms with E-state index in [4.69, 9.17) is 0 Å². The van der Waals surface area contributed by atoms with Crippen molar-refractivity contribution in [3.63, 3.8) is 0 Å². The minimum absolute atomic E-state index is 0.902. The van der Waals surface area contributed by atoms with Crippen molar-refractivity contribution < 1.29 is 0 Å². The Morgan fingerprint density at radius 3 is 1.76 bits per heavy atom. The van der Waals surface area contributed by atoms with Gasteiger partial charge in [-0.15, -0.1) is 11.8 Å². The SMILES string of the molecule is c1cc2c(c(-c3cc4ccccc4c4ccccc34)c1)SCN(c1c3ccccc3cc3ccccc13)C2. The number of rotatable bonds is 2. The van der Waals surface area contributed by atoms with E-state index in [1.54, 1.807) is 0 Å². The minimum Gasteiger partial charge on any atom is -0.357 e. The standard InChI is InChI=1S/C36H25NS/c1-4-14-28-26(12-1)21-34(32-18-8-7-17-31(28)32)33-19-9-13-27-22-37(23-38-36(27)33)35-29-15-5-2-10-24(29)20-25-11-3-6-16-30(25)35/h1-21H,22-23H2. The Balaban J connectivity index is 1.30. The van der Waals surface area contributed by atoms with Gasteiger partial charge in [0.2, 0.25) is 0 Å². The molecule has 0 saturated carbocycles. The zero-order valence-corrected chi connectivity index (χ0v) is 21.7. The maximum Gasteiger partial charge on any atom is 0.0690 e. The highest BCUT2D eigenvalue weighted by atomic mass is 32.2. The molecule has 0 unspecified atom stereocenters. The largest absolute Gasteiger partial charge is 0.357 e. The van der Waals surface area contributed by atoms with Gasteiger partial charge in [-0.1, -0.05) is 115 Å². The van der Waals surface area contributed by atoms with Crippen LogP contribution in [0.25, 0.3) is 54.2 Å². The number of anilines is 1. The molecule has 2 heteroatoms. The van der Waals surface area contributed by atoms with Crippen molar-refractivity contribution in [1.29, 1.82) is 0 Å². The van der Waals surface area contributed by atoms with Gasteiger partial charge >= 0.3 is 0 Å². The lowest BCUT2D eigenvalue weighted by Crippen LogP contribution is -2.26. The van der Waals surface area contributed by atoms with Crippen LogP contribution in [-0.2, 0) is 6.54 Å². The summed E-state index contributed by atoms with van der Waals surface area (Å²) in [6.07, 6.45) is 0. The fourth-order valence-electron chi connectivity index (χ4n) is 6.24. The van der Waals surface area contributed by atoms with E-state index in [9.17, 15) is 0 Å². The normalized spacial score (nSPS) is 13.4. The van der Waals surface area contributed by atoms with Crippen molar-refractivity contribution >= 4 is 60.5 Å². The summed E-state index contributed by atoms with van der Waals surface area (Å²) in [5.41, 5.74) is 5.41. The average Bonchev–Trinajstić information content (AvgIpc) is 2.99. The van der Waals surface area contributed by atoms with E-state index >= 15 is 0 Å². The molecular weight excluding hydrogens is 478 g/mol. The van der Waals surface area contributed by atoms with Crippen LogP contribution in [0.4, 0.5) is 5.69 Å². The monoisotopic (exact) mass is 503 g/mol. The smallest absolute Gasteiger partial charge is 0.0690 e. The molecule has 180 valence electrons. The van der Waals surface area contributed by atoms with E-state index in [1.165, 1.54) is 70.4 Å². The summed E-state index contributed by atoms with van der Waals surface area (Å²) >= 11 is 1.97. The second-order valence-electron chi connectivity index (χ2n) is 10.1. The number of hydrogen-bond donors (Lipinski definition) is 0. The lowest BCUT2D eigenvalue weighted by molar-refractivity contribution is 0.875. The molecule has 1 nitrogen and oxygen atoms in total. The van der Waals surface area contributed by atoms with Crippen LogP contribution in [0.3, 0.4) is 0 Å². The lowest BCUT2D eigenvalue weighted by Gasteiger charge is -2.33. The predicted octanol–water partition coefficient (Wildman–Crippen LogP) is 10.0. The van der Waals surface area contributed by atoms with Gasteiger partial charge in [-0.2, -0.15) is 0 Å². The molecule has 0 aliphatic carbocycles. The van der Waals surface area contributed by atoms with E-state index in [2.05, 4.69) is 132 Å². The number of thioether (sulfide) groups is 1. The molecular formula is C36H25NS. The first-order valence-electron chi connectivity index (χ1n) is 13.2. The first-order chi connectivity index (χ1) is 18.8. The van der Waals surface area contributed by atoms with Gasteiger partial charge in [0.25, 0.3) is 0 Å². The molecule has 0 N–H and O–H groups in total. The molecule has 0 fully saturated rings. The molecule has 1 heterocycles. The van der Waals surface area contributed by atoms with E-state index in [0.29, 0.717) is 0 Å². The van der Waals surface area contributed by atoms with E-state index in [0.717, 1.165) is 12.4 Å². The third-order valence-electron chi connectivity index (χ3n) is 7.94. The molecule has 7 aromatic carbocycles. The summed E-state index contributed by atoms with van der Waals surface area (Å²) < 4.78 is 0. The Morgan fingerprint density at radius 2 is 1.05 bits per heavy atom. The molecule has 8 rings (SSSR count). The molecule has 0 bridgehead atoms. The average molecular weight is 504 g/mol.